The Morgan fingerprint density at radius 2 is 2.39 bits per heavy atom. The lowest BCUT2D eigenvalue weighted by Crippen LogP contribution is -2.53. The molecule has 18 heavy (non-hydrogen) atoms. The summed E-state index contributed by atoms with van der Waals surface area (Å²) in [7, 11) is 0. The molecule has 0 unspecified atom stereocenters. The highest BCUT2D eigenvalue weighted by Gasteiger charge is 2.33. The van der Waals surface area contributed by atoms with Crippen LogP contribution in [0.5, 0.6) is 0 Å². The lowest BCUT2D eigenvalue weighted by Gasteiger charge is -2.42. The maximum atomic E-state index is 10.7. The molecule has 1 fully saturated rings. The van der Waals surface area contributed by atoms with E-state index < -0.39 is 5.97 Å². The van der Waals surface area contributed by atoms with Gasteiger partial charge in [0, 0.05) is 12.1 Å². The number of carboxylic acids is 1. The Morgan fingerprint density at radius 3 is 2.94 bits per heavy atom. The van der Waals surface area contributed by atoms with Crippen LogP contribution in [0.1, 0.15) is 25.5 Å². The first-order valence-electron chi connectivity index (χ1n) is 6.40. The molecule has 2 N–H and O–H groups in total. The molecule has 0 saturated heterocycles. The molecule has 1 saturated carbocycles. The van der Waals surface area contributed by atoms with Gasteiger partial charge < -0.3 is 14.8 Å². The quantitative estimate of drug-likeness (QED) is 0.766. The number of carbonyl (C=O) groups is 1. The molecule has 0 atom stereocenters. The maximum Gasteiger partial charge on any atom is 0.317 e. The Balaban J connectivity index is 1.68. The third-order valence-electron chi connectivity index (χ3n) is 3.52. The number of rotatable bonds is 7. The van der Waals surface area contributed by atoms with Crippen molar-refractivity contribution in [3.8, 4) is 0 Å². The van der Waals surface area contributed by atoms with E-state index in [1.807, 2.05) is 24.0 Å². The molecule has 0 aliphatic heterocycles. The summed E-state index contributed by atoms with van der Waals surface area (Å²) in [5, 5.41) is 12.2. The van der Waals surface area contributed by atoms with Crippen molar-refractivity contribution in [3.63, 3.8) is 0 Å². The van der Waals surface area contributed by atoms with Gasteiger partial charge in [0.1, 0.15) is 5.76 Å². The van der Waals surface area contributed by atoms with E-state index in [0.29, 0.717) is 12.1 Å². The summed E-state index contributed by atoms with van der Waals surface area (Å²) in [5.74, 6) is 0.195. The first-order chi connectivity index (χ1) is 8.69. The van der Waals surface area contributed by atoms with E-state index in [2.05, 4.69) is 5.32 Å². The van der Waals surface area contributed by atoms with Gasteiger partial charge in [-0.05, 0) is 31.5 Å². The number of furan rings is 1. The number of hydrogen-bond donors (Lipinski definition) is 2. The molecule has 0 aromatic carbocycles. The first kappa shape index (κ1) is 13.1. The van der Waals surface area contributed by atoms with Crippen molar-refractivity contribution >= 4 is 5.97 Å². The van der Waals surface area contributed by atoms with Crippen molar-refractivity contribution in [2.75, 3.05) is 13.1 Å². The van der Waals surface area contributed by atoms with Crippen molar-refractivity contribution in [2.45, 2.75) is 38.4 Å². The van der Waals surface area contributed by atoms with E-state index >= 15 is 0 Å². The van der Waals surface area contributed by atoms with E-state index in [-0.39, 0.29) is 6.54 Å². The lowest BCUT2D eigenvalue weighted by atomic mass is 9.85. The number of nitrogens with one attached hydrogen (secondary N) is 1. The van der Waals surface area contributed by atoms with Gasteiger partial charge in [0.25, 0.3) is 0 Å². The third kappa shape index (κ3) is 3.34. The van der Waals surface area contributed by atoms with Crippen LogP contribution in [0.4, 0.5) is 0 Å². The molecule has 0 amide bonds. The molecule has 0 radical (unpaired) electrons. The van der Waals surface area contributed by atoms with Gasteiger partial charge in [0.2, 0.25) is 0 Å². The zero-order chi connectivity index (χ0) is 13.0. The predicted octanol–water partition coefficient (Wildman–Crippen LogP) is 1.31. The minimum atomic E-state index is -0.746. The molecular formula is C13H20N2O3. The lowest BCUT2D eigenvalue weighted by molar-refractivity contribution is -0.139. The summed E-state index contributed by atoms with van der Waals surface area (Å²) < 4.78 is 5.25. The molecule has 1 aliphatic carbocycles. The summed E-state index contributed by atoms with van der Waals surface area (Å²) >= 11 is 0. The van der Waals surface area contributed by atoms with Gasteiger partial charge in [-0.25, -0.2) is 0 Å². The van der Waals surface area contributed by atoms with Crippen LogP contribution < -0.4 is 5.32 Å². The van der Waals surface area contributed by atoms with E-state index in [4.69, 9.17) is 9.52 Å². The number of nitrogens with zero attached hydrogens (tertiary/aromatic N) is 1. The van der Waals surface area contributed by atoms with Gasteiger partial charge in [-0.3, -0.25) is 9.69 Å². The Labute approximate surface area is 107 Å². The van der Waals surface area contributed by atoms with Crippen LogP contribution in [0.3, 0.4) is 0 Å². The van der Waals surface area contributed by atoms with Gasteiger partial charge in [0.15, 0.2) is 0 Å². The van der Waals surface area contributed by atoms with Crippen LogP contribution >= 0.6 is 0 Å². The molecule has 1 aromatic heterocycles. The first-order valence-corrected chi connectivity index (χ1v) is 6.40. The van der Waals surface area contributed by atoms with Gasteiger partial charge in [0.05, 0.1) is 19.4 Å². The summed E-state index contributed by atoms with van der Waals surface area (Å²) in [4.78, 5) is 12.7. The largest absolute Gasteiger partial charge is 0.480 e. The molecule has 1 aliphatic rings. The molecular weight excluding hydrogens is 232 g/mol. The van der Waals surface area contributed by atoms with Crippen LogP contribution in [0.2, 0.25) is 0 Å². The minimum Gasteiger partial charge on any atom is -0.480 e. The van der Waals surface area contributed by atoms with E-state index in [0.717, 1.165) is 31.7 Å². The molecule has 5 heteroatoms. The van der Waals surface area contributed by atoms with Crippen molar-refractivity contribution in [2.24, 2.45) is 0 Å². The molecule has 0 spiro atoms. The molecule has 1 heterocycles. The molecule has 2 rings (SSSR count). The Bertz CT molecular complexity index is 372. The highest BCUT2D eigenvalue weighted by atomic mass is 16.4. The Hall–Kier alpha value is -1.33. The van der Waals surface area contributed by atoms with Gasteiger partial charge in [-0.2, -0.15) is 0 Å². The predicted molar refractivity (Wildman–Crippen MR) is 67.2 cm³/mol. The fraction of sp³-hybridized carbons (Fsp3) is 0.615. The second-order valence-electron chi connectivity index (χ2n) is 4.74. The Morgan fingerprint density at radius 1 is 1.61 bits per heavy atom. The van der Waals surface area contributed by atoms with Crippen LogP contribution in [-0.2, 0) is 11.3 Å². The monoisotopic (exact) mass is 252 g/mol. The minimum absolute atomic E-state index is 0.145. The summed E-state index contributed by atoms with van der Waals surface area (Å²) in [6.07, 6.45) is 3.70. The second kappa shape index (κ2) is 6.02. The summed E-state index contributed by atoms with van der Waals surface area (Å²) in [6, 6.07) is 4.71. The molecule has 1 aromatic rings. The average Bonchev–Trinajstić information content (AvgIpc) is 2.77. The summed E-state index contributed by atoms with van der Waals surface area (Å²) in [6.45, 7) is 3.69. The van der Waals surface area contributed by atoms with Gasteiger partial charge in [-0.15, -0.1) is 0 Å². The van der Waals surface area contributed by atoms with E-state index in [9.17, 15) is 4.79 Å². The zero-order valence-corrected chi connectivity index (χ0v) is 10.6. The average molecular weight is 252 g/mol. The highest BCUT2D eigenvalue weighted by Crippen LogP contribution is 2.25. The topological polar surface area (TPSA) is 65.7 Å². The number of carboxylic acid groups (broad SMARTS) is 1. The van der Waals surface area contributed by atoms with Crippen molar-refractivity contribution in [1.82, 2.24) is 10.2 Å². The number of likely N-dealkylation sites (N-methyl/N-ethyl adjacent to an activating group) is 1. The third-order valence-corrected chi connectivity index (χ3v) is 3.52. The fourth-order valence-electron chi connectivity index (χ4n) is 2.38. The summed E-state index contributed by atoms with van der Waals surface area (Å²) in [5.41, 5.74) is 0. The molecule has 5 nitrogen and oxygen atoms in total. The van der Waals surface area contributed by atoms with E-state index in [1.165, 1.54) is 0 Å². The number of aliphatic carboxylic acids is 1. The smallest absolute Gasteiger partial charge is 0.317 e. The zero-order valence-electron chi connectivity index (χ0n) is 10.6. The fourth-order valence-corrected chi connectivity index (χ4v) is 2.38. The molecule has 0 bridgehead atoms. The van der Waals surface area contributed by atoms with Gasteiger partial charge in [-0.1, -0.05) is 6.92 Å². The van der Waals surface area contributed by atoms with Crippen molar-refractivity contribution < 1.29 is 14.3 Å². The highest BCUT2D eigenvalue weighted by molar-refractivity contribution is 5.69. The Kier molecular flexibility index (Phi) is 4.38. The van der Waals surface area contributed by atoms with Crippen LogP contribution in [-0.4, -0.2) is 41.1 Å². The normalized spacial score (nSPS) is 23.0. The molecule has 100 valence electrons. The van der Waals surface area contributed by atoms with Crippen LogP contribution in [0.25, 0.3) is 0 Å². The standard InChI is InChI=1S/C13H20N2O3/c1-2-15(9-13(16)17)11-6-10(7-11)14-8-12-4-3-5-18-12/h3-5,10-11,14H,2,6-9H2,1H3,(H,16,17). The second-order valence-corrected chi connectivity index (χ2v) is 4.74. The van der Waals surface area contributed by atoms with E-state index in [1.54, 1.807) is 6.26 Å². The van der Waals surface area contributed by atoms with Crippen LogP contribution in [0, 0.1) is 0 Å². The van der Waals surface area contributed by atoms with Crippen molar-refractivity contribution in [1.29, 1.82) is 0 Å². The maximum absolute atomic E-state index is 10.7. The number of hydrogen-bond acceptors (Lipinski definition) is 4. The van der Waals surface area contributed by atoms with Crippen LogP contribution in [0.15, 0.2) is 22.8 Å². The van der Waals surface area contributed by atoms with Crippen molar-refractivity contribution in [3.05, 3.63) is 24.2 Å². The SMILES string of the molecule is CCN(CC(=O)O)C1CC(NCc2ccco2)C1. The van der Waals surface area contributed by atoms with Gasteiger partial charge >= 0.3 is 5.97 Å².